The van der Waals surface area contributed by atoms with E-state index in [0.29, 0.717) is 17.8 Å². The molecule has 0 aliphatic rings. The standard InChI is InChI=1S/C18H15F3N2O3/c1-2-23-10-14(17(25)22-9-12-4-3-7-26-12)16(24)13-8-11(18(19,20)21)5-6-15(13)23/h3-8,10H,2,9H2,1H3,(H,22,25). The van der Waals surface area contributed by atoms with Gasteiger partial charge in [0.1, 0.15) is 11.3 Å². The number of nitrogens with zero attached hydrogens (tertiary/aromatic N) is 1. The number of benzene rings is 1. The summed E-state index contributed by atoms with van der Waals surface area (Å²) in [5, 5.41) is 2.39. The van der Waals surface area contributed by atoms with Crippen LogP contribution in [0.3, 0.4) is 0 Å². The van der Waals surface area contributed by atoms with Gasteiger partial charge in [0.05, 0.1) is 23.9 Å². The number of hydrogen-bond acceptors (Lipinski definition) is 3. The SMILES string of the molecule is CCn1cc(C(=O)NCc2ccco2)c(=O)c2cc(C(F)(F)F)ccc21. The van der Waals surface area contributed by atoms with Crippen molar-refractivity contribution in [3.63, 3.8) is 0 Å². The molecule has 1 N–H and O–H groups in total. The van der Waals surface area contributed by atoms with Crippen LogP contribution in [-0.2, 0) is 19.3 Å². The Labute approximate surface area is 146 Å². The number of hydrogen-bond donors (Lipinski definition) is 1. The van der Waals surface area contributed by atoms with Crippen molar-refractivity contribution in [2.75, 3.05) is 0 Å². The van der Waals surface area contributed by atoms with Gasteiger partial charge in [-0.15, -0.1) is 0 Å². The lowest BCUT2D eigenvalue weighted by molar-refractivity contribution is -0.137. The second kappa shape index (κ2) is 6.70. The van der Waals surface area contributed by atoms with Crippen LogP contribution in [0, 0.1) is 0 Å². The molecule has 0 radical (unpaired) electrons. The van der Waals surface area contributed by atoms with E-state index in [9.17, 15) is 22.8 Å². The van der Waals surface area contributed by atoms with Crippen molar-refractivity contribution in [1.29, 1.82) is 0 Å². The summed E-state index contributed by atoms with van der Waals surface area (Å²) in [5.41, 5.74) is -1.55. The fourth-order valence-corrected chi connectivity index (χ4v) is 2.67. The average Bonchev–Trinajstić information content (AvgIpc) is 3.12. The second-order valence-corrected chi connectivity index (χ2v) is 5.65. The predicted molar refractivity (Wildman–Crippen MR) is 88.8 cm³/mol. The summed E-state index contributed by atoms with van der Waals surface area (Å²) in [7, 11) is 0. The number of carbonyl (C=O) groups is 1. The first kappa shape index (κ1) is 17.8. The maximum atomic E-state index is 13.0. The first-order valence-electron chi connectivity index (χ1n) is 7.86. The molecule has 0 fully saturated rings. The molecule has 0 atom stereocenters. The zero-order valence-corrected chi connectivity index (χ0v) is 13.8. The molecule has 1 aromatic carbocycles. The molecule has 3 rings (SSSR count). The summed E-state index contributed by atoms with van der Waals surface area (Å²) >= 11 is 0. The fourth-order valence-electron chi connectivity index (χ4n) is 2.67. The first-order chi connectivity index (χ1) is 12.3. The van der Waals surface area contributed by atoms with E-state index >= 15 is 0 Å². The number of amides is 1. The first-order valence-corrected chi connectivity index (χ1v) is 7.86. The molecule has 5 nitrogen and oxygen atoms in total. The Bertz CT molecular complexity index is 1000. The molecule has 2 heterocycles. The zero-order valence-electron chi connectivity index (χ0n) is 13.8. The van der Waals surface area contributed by atoms with Crippen LogP contribution in [0.1, 0.15) is 28.6 Å². The van der Waals surface area contributed by atoms with Gasteiger partial charge in [0.25, 0.3) is 5.91 Å². The molecule has 2 aromatic heterocycles. The lowest BCUT2D eigenvalue weighted by Crippen LogP contribution is -2.29. The van der Waals surface area contributed by atoms with Crippen LogP contribution in [0.15, 0.2) is 52.0 Å². The van der Waals surface area contributed by atoms with E-state index in [1.54, 1.807) is 23.6 Å². The third-order valence-electron chi connectivity index (χ3n) is 4.00. The van der Waals surface area contributed by atoms with Gasteiger partial charge in [0.15, 0.2) is 0 Å². The number of furan rings is 1. The Kier molecular flexibility index (Phi) is 4.58. The molecule has 0 bridgehead atoms. The van der Waals surface area contributed by atoms with Crippen LogP contribution in [0.5, 0.6) is 0 Å². The largest absolute Gasteiger partial charge is 0.467 e. The third kappa shape index (κ3) is 3.35. The Balaban J connectivity index is 2.06. The minimum atomic E-state index is -4.57. The fraction of sp³-hybridized carbons (Fsp3) is 0.222. The van der Waals surface area contributed by atoms with Crippen LogP contribution in [0.4, 0.5) is 13.2 Å². The highest BCUT2D eigenvalue weighted by Crippen LogP contribution is 2.30. The molecular formula is C18H15F3N2O3. The molecule has 136 valence electrons. The monoisotopic (exact) mass is 364 g/mol. The Morgan fingerprint density at radius 3 is 2.65 bits per heavy atom. The Morgan fingerprint density at radius 2 is 2.04 bits per heavy atom. The number of carbonyl (C=O) groups excluding carboxylic acids is 1. The zero-order chi connectivity index (χ0) is 18.9. The molecule has 0 aliphatic carbocycles. The maximum absolute atomic E-state index is 13.0. The quantitative estimate of drug-likeness (QED) is 0.770. The minimum absolute atomic E-state index is 0.0675. The second-order valence-electron chi connectivity index (χ2n) is 5.65. The van der Waals surface area contributed by atoms with Gasteiger partial charge >= 0.3 is 6.18 Å². The van der Waals surface area contributed by atoms with Crippen LogP contribution in [0.25, 0.3) is 10.9 Å². The lowest BCUT2D eigenvalue weighted by atomic mass is 10.1. The molecule has 3 aromatic rings. The molecule has 0 saturated heterocycles. The number of aromatic nitrogens is 1. The number of halogens is 3. The normalized spacial score (nSPS) is 11.7. The van der Waals surface area contributed by atoms with Crippen molar-refractivity contribution in [2.24, 2.45) is 0 Å². The lowest BCUT2D eigenvalue weighted by Gasteiger charge is -2.13. The molecule has 8 heteroatoms. The highest BCUT2D eigenvalue weighted by molar-refractivity contribution is 5.97. The van der Waals surface area contributed by atoms with E-state index in [4.69, 9.17) is 4.42 Å². The minimum Gasteiger partial charge on any atom is -0.467 e. The Morgan fingerprint density at radius 1 is 1.27 bits per heavy atom. The van der Waals surface area contributed by atoms with Gasteiger partial charge in [0.2, 0.25) is 5.43 Å². The third-order valence-corrected chi connectivity index (χ3v) is 4.00. The van der Waals surface area contributed by atoms with E-state index in [1.807, 2.05) is 0 Å². The molecular weight excluding hydrogens is 349 g/mol. The van der Waals surface area contributed by atoms with Gasteiger partial charge < -0.3 is 14.3 Å². The van der Waals surface area contributed by atoms with E-state index in [1.165, 1.54) is 18.5 Å². The number of aryl methyl sites for hydroxylation is 1. The van der Waals surface area contributed by atoms with Gasteiger partial charge in [0, 0.05) is 18.1 Å². The van der Waals surface area contributed by atoms with Crippen molar-refractivity contribution < 1.29 is 22.4 Å². The van der Waals surface area contributed by atoms with Crippen molar-refractivity contribution >= 4 is 16.8 Å². The highest BCUT2D eigenvalue weighted by atomic mass is 19.4. The van der Waals surface area contributed by atoms with Crippen LogP contribution >= 0.6 is 0 Å². The summed E-state index contributed by atoms with van der Waals surface area (Å²) in [5.74, 6) is -0.178. The number of fused-ring (bicyclic) bond motifs is 1. The summed E-state index contributed by atoms with van der Waals surface area (Å²) in [6.45, 7) is 2.23. The smallest absolute Gasteiger partial charge is 0.416 e. The molecule has 0 spiro atoms. The van der Waals surface area contributed by atoms with Crippen molar-refractivity contribution in [1.82, 2.24) is 9.88 Å². The predicted octanol–water partition coefficient (Wildman–Crippen LogP) is 3.56. The van der Waals surface area contributed by atoms with Gasteiger partial charge in [-0.1, -0.05) is 0 Å². The van der Waals surface area contributed by atoms with Gasteiger partial charge in [-0.3, -0.25) is 9.59 Å². The van der Waals surface area contributed by atoms with Crippen molar-refractivity contribution in [3.8, 4) is 0 Å². The summed E-state index contributed by atoms with van der Waals surface area (Å²) in [4.78, 5) is 25.0. The number of alkyl halides is 3. The van der Waals surface area contributed by atoms with Gasteiger partial charge in [-0.2, -0.15) is 13.2 Å². The topological polar surface area (TPSA) is 64.2 Å². The van der Waals surface area contributed by atoms with E-state index < -0.39 is 23.1 Å². The van der Waals surface area contributed by atoms with Crippen molar-refractivity contribution in [3.05, 3.63) is 69.9 Å². The van der Waals surface area contributed by atoms with E-state index in [0.717, 1.165) is 12.1 Å². The van der Waals surface area contributed by atoms with Crippen LogP contribution in [-0.4, -0.2) is 10.5 Å². The summed E-state index contributed by atoms with van der Waals surface area (Å²) in [6.07, 6.45) is -1.77. The molecule has 0 saturated carbocycles. The van der Waals surface area contributed by atoms with E-state index in [-0.39, 0.29) is 17.5 Å². The van der Waals surface area contributed by atoms with Crippen LogP contribution < -0.4 is 10.7 Å². The van der Waals surface area contributed by atoms with Gasteiger partial charge in [-0.05, 0) is 37.3 Å². The molecule has 26 heavy (non-hydrogen) atoms. The molecule has 0 unspecified atom stereocenters. The van der Waals surface area contributed by atoms with Crippen molar-refractivity contribution in [2.45, 2.75) is 26.2 Å². The van der Waals surface area contributed by atoms with Gasteiger partial charge in [-0.25, -0.2) is 0 Å². The van der Waals surface area contributed by atoms with E-state index in [2.05, 4.69) is 5.32 Å². The summed E-state index contributed by atoms with van der Waals surface area (Å²) in [6, 6.07) is 6.26. The number of pyridine rings is 1. The summed E-state index contributed by atoms with van der Waals surface area (Å²) < 4.78 is 45.6. The number of nitrogens with one attached hydrogen (secondary N) is 1. The highest BCUT2D eigenvalue weighted by Gasteiger charge is 2.31. The molecule has 1 amide bonds. The van der Waals surface area contributed by atoms with Crippen LogP contribution in [0.2, 0.25) is 0 Å². The number of rotatable bonds is 4. The maximum Gasteiger partial charge on any atom is 0.416 e. The Hall–Kier alpha value is -3.03. The molecule has 0 aliphatic heterocycles. The average molecular weight is 364 g/mol.